The van der Waals surface area contributed by atoms with Crippen LogP contribution in [0.4, 0.5) is 15.1 Å². The van der Waals surface area contributed by atoms with Gasteiger partial charge in [0, 0.05) is 5.69 Å². The zero-order chi connectivity index (χ0) is 15.6. The third kappa shape index (κ3) is 3.41. The molecule has 1 aromatic carbocycles. The minimum Gasteiger partial charge on any atom is -0.462 e. The van der Waals surface area contributed by atoms with Crippen molar-refractivity contribution < 1.29 is 13.9 Å². The molecule has 0 radical (unpaired) electrons. The number of anilines is 2. The summed E-state index contributed by atoms with van der Waals surface area (Å²) in [7, 11) is 0. The fourth-order valence-corrected chi connectivity index (χ4v) is 2.94. The maximum Gasteiger partial charge on any atom is 0.343 e. The number of ether oxygens (including phenoxy) is 1. The lowest BCUT2D eigenvalue weighted by molar-refractivity contribution is 0.0527. The first-order chi connectivity index (χ1) is 9.93. The van der Waals surface area contributed by atoms with Gasteiger partial charge in [0.1, 0.15) is 16.4 Å². The van der Waals surface area contributed by atoms with E-state index in [1.807, 2.05) is 0 Å². The summed E-state index contributed by atoms with van der Waals surface area (Å²) in [6, 6.07) is 3.05. The summed E-state index contributed by atoms with van der Waals surface area (Å²) in [5.74, 6) is -0.741. The average Bonchev–Trinajstić information content (AvgIpc) is 2.77. The predicted octanol–water partition coefficient (Wildman–Crippen LogP) is 4.58. The quantitative estimate of drug-likeness (QED) is 0.797. The second kappa shape index (κ2) is 6.53. The average molecular weight is 373 g/mol. The second-order valence-electron chi connectivity index (χ2n) is 4.40. The first kappa shape index (κ1) is 15.9. The molecule has 0 saturated heterocycles. The standard InChI is InChI=1S/C14H14BrFN2O2S/c1-4-20-14(19)12-8(3)18-21-13(12)17-11-6-9(15)10(16)5-7(11)2/h5-6,17H,4H2,1-3H3. The van der Waals surface area contributed by atoms with Crippen molar-refractivity contribution in [2.45, 2.75) is 20.8 Å². The minimum absolute atomic E-state index is 0.300. The molecule has 1 heterocycles. The molecule has 1 aromatic heterocycles. The lowest BCUT2D eigenvalue weighted by Gasteiger charge is -2.10. The van der Waals surface area contributed by atoms with Crippen LogP contribution in [-0.4, -0.2) is 16.9 Å². The highest BCUT2D eigenvalue weighted by molar-refractivity contribution is 9.10. The van der Waals surface area contributed by atoms with E-state index in [4.69, 9.17) is 4.74 Å². The van der Waals surface area contributed by atoms with Gasteiger partial charge < -0.3 is 10.1 Å². The maximum atomic E-state index is 13.5. The number of hydrogen-bond acceptors (Lipinski definition) is 5. The van der Waals surface area contributed by atoms with E-state index in [0.29, 0.717) is 33.0 Å². The molecule has 7 heteroatoms. The van der Waals surface area contributed by atoms with Gasteiger partial charge in [-0.2, -0.15) is 4.37 Å². The van der Waals surface area contributed by atoms with Gasteiger partial charge in [-0.3, -0.25) is 0 Å². The first-order valence-electron chi connectivity index (χ1n) is 6.30. The van der Waals surface area contributed by atoms with Crippen molar-refractivity contribution in [1.82, 2.24) is 4.37 Å². The number of nitrogens with zero attached hydrogens (tertiary/aromatic N) is 1. The molecule has 0 aliphatic carbocycles. The zero-order valence-corrected chi connectivity index (χ0v) is 14.2. The van der Waals surface area contributed by atoms with Crippen molar-refractivity contribution in [3.8, 4) is 0 Å². The number of carbonyl (C=O) groups is 1. The molecule has 0 saturated carbocycles. The van der Waals surface area contributed by atoms with Gasteiger partial charge >= 0.3 is 5.97 Å². The van der Waals surface area contributed by atoms with E-state index in [1.54, 1.807) is 26.8 Å². The Hall–Kier alpha value is -1.47. The van der Waals surface area contributed by atoms with Crippen LogP contribution in [0.1, 0.15) is 28.5 Å². The normalized spacial score (nSPS) is 10.5. The zero-order valence-electron chi connectivity index (χ0n) is 11.8. The number of rotatable bonds is 4. The molecule has 0 amide bonds. The number of hydrogen-bond donors (Lipinski definition) is 1. The smallest absolute Gasteiger partial charge is 0.343 e. The van der Waals surface area contributed by atoms with Crippen LogP contribution in [-0.2, 0) is 4.74 Å². The van der Waals surface area contributed by atoms with Gasteiger partial charge in [-0.05, 0) is 65.9 Å². The molecule has 112 valence electrons. The molecule has 4 nitrogen and oxygen atoms in total. The van der Waals surface area contributed by atoms with Crippen LogP contribution >= 0.6 is 27.5 Å². The van der Waals surface area contributed by atoms with Crippen molar-refractivity contribution in [3.63, 3.8) is 0 Å². The third-order valence-corrected chi connectivity index (χ3v) is 4.32. The Morgan fingerprint density at radius 2 is 2.19 bits per heavy atom. The summed E-state index contributed by atoms with van der Waals surface area (Å²) < 4.78 is 23.0. The number of carbonyl (C=O) groups excluding carboxylic acids is 1. The fraction of sp³-hybridized carbons (Fsp3) is 0.286. The Bertz CT molecular complexity index is 688. The van der Waals surface area contributed by atoms with Gasteiger partial charge in [0.25, 0.3) is 0 Å². The maximum absolute atomic E-state index is 13.5. The van der Waals surface area contributed by atoms with Crippen LogP contribution in [0.5, 0.6) is 0 Å². The summed E-state index contributed by atoms with van der Waals surface area (Å²) in [6.45, 7) is 5.59. The number of aromatic nitrogens is 1. The van der Waals surface area contributed by atoms with E-state index in [2.05, 4.69) is 25.6 Å². The highest BCUT2D eigenvalue weighted by Crippen LogP contribution is 2.32. The first-order valence-corrected chi connectivity index (χ1v) is 7.86. The monoisotopic (exact) mass is 372 g/mol. The van der Waals surface area contributed by atoms with Gasteiger partial charge in [0.15, 0.2) is 0 Å². The molecular weight excluding hydrogens is 359 g/mol. The van der Waals surface area contributed by atoms with E-state index < -0.39 is 5.97 Å². The minimum atomic E-state index is -0.412. The van der Waals surface area contributed by atoms with Crippen LogP contribution < -0.4 is 5.32 Å². The van der Waals surface area contributed by atoms with Crippen LogP contribution in [0.3, 0.4) is 0 Å². The van der Waals surface area contributed by atoms with E-state index in [0.717, 1.165) is 5.56 Å². The Morgan fingerprint density at radius 3 is 2.86 bits per heavy atom. The summed E-state index contributed by atoms with van der Waals surface area (Å²) in [4.78, 5) is 12.0. The lowest BCUT2D eigenvalue weighted by Crippen LogP contribution is -2.08. The molecule has 0 atom stereocenters. The number of esters is 1. The topological polar surface area (TPSA) is 51.2 Å². The molecular formula is C14H14BrFN2O2S. The van der Waals surface area contributed by atoms with Crippen LogP contribution in [0.25, 0.3) is 0 Å². The molecule has 0 aliphatic rings. The van der Waals surface area contributed by atoms with Crippen molar-refractivity contribution in [2.75, 3.05) is 11.9 Å². The Morgan fingerprint density at radius 1 is 1.48 bits per heavy atom. The summed E-state index contributed by atoms with van der Waals surface area (Å²) >= 11 is 4.33. The largest absolute Gasteiger partial charge is 0.462 e. The molecule has 2 aromatic rings. The van der Waals surface area contributed by atoms with Crippen LogP contribution in [0, 0.1) is 19.7 Å². The molecule has 0 aliphatic heterocycles. The lowest BCUT2D eigenvalue weighted by atomic mass is 10.2. The summed E-state index contributed by atoms with van der Waals surface area (Å²) in [5, 5.41) is 3.72. The Labute approximate surface area is 134 Å². The molecule has 0 spiro atoms. The molecule has 0 fully saturated rings. The predicted molar refractivity (Wildman–Crippen MR) is 84.9 cm³/mol. The molecule has 0 bridgehead atoms. The molecule has 0 unspecified atom stereocenters. The number of halogens is 2. The highest BCUT2D eigenvalue weighted by atomic mass is 79.9. The Kier molecular flexibility index (Phi) is 4.95. The van der Waals surface area contributed by atoms with Gasteiger partial charge in [-0.15, -0.1) is 0 Å². The molecule has 21 heavy (non-hydrogen) atoms. The number of nitrogens with one attached hydrogen (secondary N) is 1. The van der Waals surface area contributed by atoms with E-state index in [-0.39, 0.29) is 5.82 Å². The SMILES string of the molecule is CCOC(=O)c1c(C)nsc1Nc1cc(Br)c(F)cc1C. The number of aryl methyl sites for hydroxylation is 2. The van der Waals surface area contributed by atoms with Crippen molar-refractivity contribution in [2.24, 2.45) is 0 Å². The second-order valence-corrected chi connectivity index (χ2v) is 6.03. The van der Waals surface area contributed by atoms with E-state index >= 15 is 0 Å². The van der Waals surface area contributed by atoms with E-state index in [1.165, 1.54) is 17.6 Å². The van der Waals surface area contributed by atoms with Crippen LogP contribution in [0.2, 0.25) is 0 Å². The molecule has 1 N–H and O–H groups in total. The summed E-state index contributed by atoms with van der Waals surface area (Å²) in [5.41, 5.74) is 2.47. The number of benzene rings is 1. The fourth-order valence-electron chi connectivity index (χ4n) is 1.80. The summed E-state index contributed by atoms with van der Waals surface area (Å²) in [6.07, 6.45) is 0. The van der Waals surface area contributed by atoms with Crippen LogP contribution in [0.15, 0.2) is 16.6 Å². The van der Waals surface area contributed by atoms with E-state index in [9.17, 15) is 9.18 Å². The van der Waals surface area contributed by atoms with Crippen molar-refractivity contribution in [3.05, 3.63) is 39.2 Å². The third-order valence-electron chi connectivity index (χ3n) is 2.86. The van der Waals surface area contributed by atoms with Gasteiger partial charge in [-0.25, -0.2) is 9.18 Å². The molecule has 2 rings (SSSR count). The van der Waals surface area contributed by atoms with Gasteiger partial charge in [0.05, 0.1) is 16.8 Å². The highest BCUT2D eigenvalue weighted by Gasteiger charge is 2.20. The van der Waals surface area contributed by atoms with Gasteiger partial charge in [0.2, 0.25) is 0 Å². The van der Waals surface area contributed by atoms with Gasteiger partial charge in [-0.1, -0.05) is 0 Å². The van der Waals surface area contributed by atoms with Crippen molar-refractivity contribution in [1.29, 1.82) is 0 Å². The van der Waals surface area contributed by atoms with Crippen molar-refractivity contribution >= 4 is 44.1 Å². The Balaban J connectivity index is 2.37.